The Labute approximate surface area is 134 Å². The van der Waals surface area contributed by atoms with E-state index >= 15 is 0 Å². The molecule has 2 atom stereocenters. The number of likely N-dealkylation sites (N-methyl/N-ethyl adjacent to an activating group) is 1. The second-order valence-corrected chi connectivity index (χ2v) is 6.48. The molecular formula is C18H30N2O2. The van der Waals surface area contributed by atoms with Crippen LogP contribution in [0.5, 0.6) is 5.75 Å². The molecule has 0 aliphatic carbocycles. The molecule has 0 radical (unpaired) electrons. The first-order chi connectivity index (χ1) is 10.6. The van der Waals surface area contributed by atoms with Gasteiger partial charge in [-0.15, -0.1) is 0 Å². The second kappa shape index (κ2) is 8.51. The molecule has 1 saturated heterocycles. The Bertz CT molecular complexity index is 433. The largest absolute Gasteiger partial charge is 0.491 e. The van der Waals surface area contributed by atoms with Gasteiger partial charge in [0, 0.05) is 19.1 Å². The first-order valence-electron chi connectivity index (χ1n) is 8.37. The smallest absolute Gasteiger partial charge is 0.119 e. The minimum absolute atomic E-state index is 0.356. The molecule has 2 rings (SSSR count). The number of aliphatic hydroxyl groups is 1. The van der Waals surface area contributed by atoms with Crippen LogP contribution in [0, 0.1) is 0 Å². The first-order valence-corrected chi connectivity index (χ1v) is 8.37. The van der Waals surface area contributed by atoms with Crippen LogP contribution in [0.15, 0.2) is 24.3 Å². The predicted octanol–water partition coefficient (Wildman–Crippen LogP) is 2.01. The van der Waals surface area contributed by atoms with Crippen LogP contribution in [0.3, 0.4) is 0 Å². The van der Waals surface area contributed by atoms with Crippen molar-refractivity contribution in [3.63, 3.8) is 0 Å². The average Bonchev–Trinajstić information content (AvgIpc) is 2.53. The zero-order valence-electron chi connectivity index (χ0n) is 14.2. The van der Waals surface area contributed by atoms with Gasteiger partial charge in [-0.3, -0.25) is 4.90 Å². The summed E-state index contributed by atoms with van der Waals surface area (Å²) in [6.07, 6.45) is 3.05. The Hall–Kier alpha value is -1.10. The molecule has 0 saturated carbocycles. The molecule has 0 amide bonds. The fraction of sp³-hybridized carbons (Fsp3) is 0.667. The molecule has 0 aromatic heterocycles. The summed E-state index contributed by atoms with van der Waals surface area (Å²) in [5.74, 6) is 0.834. The number of likely N-dealkylation sites (tertiary alicyclic amines) is 1. The Morgan fingerprint density at radius 3 is 2.68 bits per heavy atom. The van der Waals surface area contributed by atoms with Crippen molar-refractivity contribution >= 4 is 0 Å². The minimum atomic E-state index is -0.438. The first kappa shape index (κ1) is 17.3. The van der Waals surface area contributed by atoms with Gasteiger partial charge >= 0.3 is 0 Å². The van der Waals surface area contributed by atoms with Crippen molar-refractivity contribution in [2.24, 2.45) is 0 Å². The van der Waals surface area contributed by atoms with Gasteiger partial charge in [-0.25, -0.2) is 0 Å². The van der Waals surface area contributed by atoms with Crippen LogP contribution in [0.1, 0.15) is 25.3 Å². The van der Waals surface area contributed by atoms with E-state index in [0.717, 1.165) is 25.3 Å². The van der Waals surface area contributed by atoms with E-state index < -0.39 is 6.10 Å². The third-order valence-corrected chi connectivity index (χ3v) is 4.45. The highest BCUT2D eigenvalue weighted by molar-refractivity contribution is 5.27. The molecule has 0 bridgehead atoms. The lowest BCUT2D eigenvalue weighted by molar-refractivity contribution is 0.0456. The van der Waals surface area contributed by atoms with E-state index in [1.165, 1.54) is 18.4 Å². The summed E-state index contributed by atoms with van der Waals surface area (Å²) in [5, 5.41) is 10.2. The lowest BCUT2D eigenvalue weighted by atomic mass is 10.0. The summed E-state index contributed by atoms with van der Waals surface area (Å²) in [4.78, 5) is 4.63. The van der Waals surface area contributed by atoms with Gasteiger partial charge in [-0.1, -0.05) is 19.1 Å². The van der Waals surface area contributed by atoms with E-state index in [4.69, 9.17) is 4.74 Å². The van der Waals surface area contributed by atoms with Crippen LogP contribution in [0.25, 0.3) is 0 Å². The van der Waals surface area contributed by atoms with Gasteiger partial charge in [-0.05, 0) is 57.6 Å². The zero-order chi connectivity index (χ0) is 15.9. The normalized spacial score (nSPS) is 21.0. The lowest BCUT2D eigenvalue weighted by Gasteiger charge is -2.36. The molecule has 22 heavy (non-hydrogen) atoms. The number of hydrogen-bond donors (Lipinski definition) is 1. The fourth-order valence-electron chi connectivity index (χ4n) is 2.98. The summed E-state index contributed by atoms with van der Waals surface area (Å²) in [7, 11) is 4.27. The molecule has 0 spiro atoms. The quantitative estimate of drug-likeness (QED) is 0.836. The fourth-order valence-corrected chi connectivity index (χ4v) is 2.98. The number of hydrogen-bond acceptors (Lipinski definition) is 4. The molecule has 124 valence electrons. The van der Waals surface area contributed by atoms with Crippen LogP contribution in [-0.4, -0.2) is 67.4 Å². The summed E-state index contributed by atoms with van der Waals surface area (Å²) >= 11 is 0. The summed E-state index contributed by atoms with van der Waals surface area (Å²) < 4.78 is 5.70. The standard InChI is InChI=1S/C18H30N2O2/c1-4-15-7-9-18(10-8-15)22-14-17(21)13-20-11-5-6-16(12-20)19(2)3/h7-10,16-17,21H,4-6,11-14H2,1-3H3. The number of benzene rings is 1. The van der Waals surface area contributed by atoms with Crippen molar-refractivity contribution in [1.29, 1.82) is 0 Å². The molecule has 1 aliphatic heterocycles. The molecule has 2 unspecified atom stereocenters. The minimum Gasteiger partial charge on any atom is -0.491 e. The number of β-amino-alcohol motifs (C(OH)–C–C–N with tert-alkyl or cyclic N) is 1. The number of ether oxygens (including phenoxy) is 1. The highest BCUT2D eigenvalue weighted by Gasteiger charge is 2.23. The molecule has 1 aromatic carbocycles. The van der Waals surface area contributed by atoms with Crippen molar-refractivity contribution in [3.05, 3.63) is 29.8 Å². The van der Waals surface area contributed by atoms with Crippen molar-refractivity contribution in [3.8, 4) is 5.75 Å². The third-order valence-electron chi connectivity index (χ3n) is 4.45. The maximum atomic E-state index is 10.2. The van der Waals surface area contributed by atoms with Crippen LogP contribution in [0.2, 0.25) is 0 Å². The van der Waals surface area contributed by atoms with E-state index in [1.54, 1.807) is 0 Å². The summed E-state index contributed by atoms with van der Waals surface area (Å²) in [6.45, 7) is 5.30. The number of aryl methyl sites for hydroxylation is 1. The van der Waals surface area contributed by atoms with E-state index in [1.807, 2.05) is 12.1 Å². The van der Waals surface area contributed by atoms with Crippen molar-refractivity contribution in [1.82, 2.24) is 9.80 Å². The number of aliphatic hydroxyl groups excluding tert-OH is 1. The molecule has 1 N–H and O–H groups in total. The molecule has 1 aliphatic rings. The Morgan fingerprint density at radius 2 is 2.05 bits per heavy atom. The van der Waals surface area contributed by atoms with Crippen LogP contribution >= 0.6 is 0 Å². The monoisotopic (exact) mass is 306 g/mol. The van der Waals surface area contributed by atoms with Gasteiger partial charge in [0.2, 0.25) is 0 Å². The summed E-state index contributed by atoms with van der Waals surface area (Å²) in [6, 6.07) is 8.72. The highest BCUT2D eigenvalue weighted by Crippen LogP contribution is 2.15. The van der Waals surface area contributed by atoms with Gasteiger partial charge in [0.15, 0.2) is 0 Å². The maximum absolute atomic E-state index is 10.2. The number of rotatable bonds is 7. The molecule has 4 heteroatoms. The van der Waals surface area contributed by atoms with Crippen molar-refractivity contribution < 1.29 is 9.84 Å². The Kier molecular flexibility index (Phi) is 6.68. The van der Waals surface area contributed by atoms with Crippen molar-refractivity contribution in [2.75, 3.05) is 40.3 Å². The topological polar surface area (TPSA) is 35.9 Å². The van der Waals surface area contributed by atoms with Crippen LogP contribution in [0.4, 0.5) is 0 Å². The summed E-state index contributed by atoms with van der Waals surface area (Å²) in [5.41, 5.74) is 1.30. The van der Waals surface area contributed by atoms with Gasteiger partial charge in [0.1, 0.15) is 18.5 Å². The lowest BCUT2D eigenvalue weighted by Crippen LogP contribution is -2.48. The molecule has 1 heterocycles. The third kappa shape index (κ3) is 5.27. The molecule has 1 aromatic rings. The molecule has 4 nitrogen and oxygen atoms in total. The Balaban J connectivity index is 1.73. The molecule has 1 fully saturated rings. The van der Waals surface area contributed by atoms with Crippen molar-refractivity contribution in [2.45, 2.75) is 38.3 Å². The van der Waals surface area contributed by atoms with Gasteiger partial charge < -0.3 is 14.7 Å². The SMILES string of the molecule is CCc1ccc(OCC(O)CN2CCCC(N(C)C)C2)cc1. The van der Waals surface area contributed by atoms with E-state index in [2.05, 4.69) is 43.0 Å². The maximum Gasteiger partial charge on any atom is 0.119 e. The zero-order valence-corrected chi connectivity index (χ0v) is 14.2. The average molecular weight is 306 g/mol. The molecular weight excluding hydrogens is 276 g/mol. The van der Waals surface area contributed by atoms with Gasteiger partial charge in [0.25, 0.3) is 0 Å². The van der Waals surface area contributed by atoms with Crippen LogP contribution < -0.4 is 4.74 Å². The van der Waals surface area contributed by atoms with E-state index in [0.29, 0.717) is 19.2 Å². The van der Waals surface area contributed by atoms with E-state index in [-0.39, 0.29) is 0 Å². The van der Waals surface area contributed by atoms with E-state index in [9.17, 15) is 5.11 Å². The van der Waals surface area contributed by atoms with Crippen LogP contribution in [-0.2, 0) is 6.42 Å². The number of nitrogens with zero attached hydrogens (tertiary/aromatic N) is 2. The predicted molar refractivity (Wildman–Crippen MR) is 90.5 cm³/mol. The van der Waals surface area contributed by atoms with Gasteiger partial charge in [0.05, 0.1) is 0 Å². The Morgan fingerprint density at radius 1 is 1.32 bits per heavy atom. The second-order valence-electron chi connectivity index (χ2n) is 6.48. The van der Waals surface area contributed by atoms with Gasteiger partial charge in [-0.2, -0.15) is 0 Å². The highest BCUT2D eigenvalue weighted by atomic mass is 16.5. The number of piperidine rings is 1.